The number of aromatic nitrogens is 2. The van der Waals surface area contributed by atoms with Crippen LogP contribution in [0.4, 0.5) is 4.39 Å². The van der Waals surface area contributed by atoms with E-state index < -0.39 is 23.5 Å². The van der Waals surface area contributed by atoms with Crippen molar-refractivity contribution in [3.63, 3.8) is 0 Å². The molecule has 1 aliphatic heterocycles. The van der Waals surface area contributed by atoms with Crippen molar-refractivity contribution in [2.45, 2.75) is 19.9 Å². The minimum atomic E-state index is -0.897. The van der Waals surface area contributed by atoms with Crippen molar-refractivity contribution in [2.75, 3.05) is 27.2 Å². The minimum absolute atomic E-state index is 0.0880. The van der Waals surface area contributed by atoms with Gasteiger partial charge in [0.1, 0.15) is 17.4 Å². The van der Waals surface area contributed by atoms with E-state index in [0.29, 0.717) is 23.6 Å². The van der Waals surface area contributed by atoms with Crippen LogP contribution in [-0.2, 0) is 9.59 Å². The summed E-state index contributed by atoms with van der Waals surface area (Å²) >= 11 is 0. The Hall–Kier alpha value is -3.13. The number of amides is 1. The fourth-order valence-electron chi connectivity index (χ4n) is 3.40. The molecule has 0 aliphatic carbocycles. The Balaban J connectivity index is 2.19. The summed E-state index contributed by atoms with van der Waals surface area (Å²) < 4.78 is 13.9. The number of likely N-dealkylation sites (N-methyl/N-ethyl adjacent to an activating group) is 1. The predicted octanol–water partition coefficient (Wildman–Crippen LogP) is 2.22. The van der Waals surface area contributed by atoms with Gasteiger partial charge in [-0.1, -0.05) is 12.1 Å². The Morgan fingerprint density at radius 1 is 1.28 bits per heavy atom. The summed E-state index contributed by atoms with van der Waals surface area (Å²) in [5, 5.41) is 11.0. The van der Waals surface area contributed by atoms with Crippen LogP contribution in [0.5, 0.6) is 0 Å². The minimum Gasteiger partial charge on any atom is -0.507 e. The van der Waals surface area contributed by atoms with Gasteiger partial charge in [-0.05, 0) is 45.6 Å². The van der Waals surface area contributed by atoms with Crippen LogP contribution in [-0.4, -0.2) is 63.7 Å². The third kappa shape index (κ3) is 4.02. The first-order valence-corrected chi connectivity index (χ1v) is 9.20. The van der Waals surface area contributed by atoms with Gasteiger partial charge in [0.25, 0.3) is 11.7 Å². The molecule has 0 saturated carbocycles. The number of Topliss-reactive ketones (excluding diaryl/α,β-unsaturated/α-hetero) is 1. The number of hydrogen-bond donors (Lipinski definition) is 1. The lowest BCUT2D eigenvalue weighted by atomic mass is 9.95. The zero-order chi connectivity index (χ0) is 21.3. The van der Waals surface area contributed by atoms with Gasteiger partial charge in [-0.2, -0.15) is 0 Å². The Labute approximate surface area is 168 Å². The van der Waals surface area contributed by atoms with Crippen molar-refractivity contribution >= 4 is 17.4 Å². The topological polar surface area (TPSA) is 86.6 Å². The Kier molecular flexibility index (Phi) is 5.74. The number of aliphatic hydroxyl groups excluding tert-OH is 1. The van der Waals surface area contributed by atoms with Crippen molar-refractivity contribution in [1.29, 1.82) is 0 Å². The molecule has 1 N–H and O–H groups in total. The number of halogens is 1. The maximum absolute atomic E-state index is 13.9. The van der Waals surface area contributed by atoms with Crippen LogP contribution in [0.15, 0.2) is 36.0 Å². The van der Waals surface area contributed by atoms with Crippen LogP contribution in [0.2, 0.25) is 0 Å². The highest BCUT2D eigenvalue weighted by Gasteiger charge is 2.46. The molecular weight excluding hydrogens is 375 g/mol. The summed E-state index contributed by atoms with van der Waals surface area (Å²) in [6, 6.07) is 4.80. The van der Waals surface area contributed by atoms with Crippen molar-refractivity contribution in [3.8, 4) is 0 Å². The molecule has 29 heavy (non-hydrogen) atoms. The number of rotatable bonds is 5. The van der Waals surface area contributed by atoms with E-state index in [1.165, 1.54) is 29.3 Å². The lowest BCUT2D eigenvalue weighted by Crippen LogP contribution is -2.35. The summed E-state index contributed by atoms with van der Waals surface area (Å²) in [4.78, 5) is 37.2. The van der Waals surface area contributed by atoms with Crippen LogP contribution in [0, 0.1) is 19.7 Å². The first-order valence-electron chi connectivity index (χ1n) is 9.20. The molecule has 2 aromatic rings. The van der Waals surface area contributed by atoms with Gasteiger partial charge in [-0.15, -0.1) is 0 Å². The molecular formula is C21H23FN4O3. The maximum Gasteiger partial charge on any atom is 0.295 e. The average Bonchev–Trinajstić information content (AvgIpc) is 2.90. The number of aryl methyl sites for hydroxylation is 2. The van der Waals surface area contributed by atoms with Crippen LogP contribution in [0.1, 0.15) is 28.7 Å². The van der Waals surface area contributed by atoms with E-state index in [9.17, 15) is 19.1 Å². The Bertz CT molecular complexity index is 1000. The quantitative estimate of drug-likeness (QED) is 0.472. The number of hydrogen-bond acceptors (Lipinski definition) is 6. The molecule has 1 saturated heterocycles. The molecule has 2 heterocycles. The third-order valence-electron chi connectivity index (χ3n) is 4.85. The van der Waals surface area contributed by atoms with Gasteiger partial charge in [-0.3, -0.25) is 9.59 Å². The first-order chi connectivity index (χ1) is 13.7. The molecule has 1 aromatic heterocycles. The SMILES string of the molecule is Cc1ncc(C(O)=C2C(=O)C(=O)N(CCN(C)C)[C@H]2c2cccc(F)c2)c(C)n1. The highest BCUT2D eigenvalue weighted by atomic mass is 19.1. The highest BCUT2D eigenvalue weighted by molar-refractivity contribution is 6.46. The lowest BCUT2D eigenvalue weighted by molar-refractivity contribution is -0.140. The zero-order valence-corrected chi connectivity index (χ0v) is 16.8. The van der Waals surface area contributed by atoms with Gasteiger partial charge in [0.15, 0.2) is 0 Å². The van der Waals surface area contributed by atoms with Crippen molar-refractivity contribution < 1.29 is 19.1 Å². The van der Waals surface area contributed by atoms with Gasteiger partial charge in [0, 0.05) is 19.3 Å². The van der Waals surface area contributed by atoms with Gasteiger partial charge in [-0.25, -0.2) is 14.4 Å². The molecule has 1 aromatic carbocycles. The molecule has 7 nitrogen and oxygen atoms in total. The molecule has 0 unspecified atom stereocenters. The molecule has 0 bridgehead atoms. The number of carbonyl (C=O) groups excluding carboxylic acids is 2. The molecule has 3 rings (SSSR count). The van der Waals surface area contributed by atoms with Crippen LogP contribution in [0.3, 0.4) is 0 Å². The van der Waals surface area contributed by atoms with Crippen LogP contribution < -0.4 is 0 Å². The molecule has 8 heteroatoms. The third-order valence-corrected chi connectivity index (χ3v) is 4.85. The molecule has 0 spiro atoms. The number of nitrogens with zero attached hydrogens (tertiary/aromatic N) is 4. The smallest absolute Gasteiger partial charge is 0.295 e. The van der Waals surface area contributed by atoms with E-state index in [2.05, 4.69) is 9.97 Å². The van der Waals surface area contributed by atoms with Crippen LogP contribution in [0.25, 0.3) is 5.76 Å². The van der Waals surface area contributed by atoms with Crippen LogP contribution >= 0.6 is 0 Å². The van der Waals surface area contributed by atoms with E-state index in [0.717, 1.165) is 0 Å². The standard InChI is InChI=1S/C21H23FN4O3/c1-12-16(11-23-13(2)24-12)19(27)17-18(14-6-5-7-15(22)10-14)26(9-8-25(3)4)21(29)20(17)28/h5-7,10-11,18,27H,8-9H2,1-4H3/t18-/m0/s1. The van der Waals surface area contributed by atoms with E-state index in [1.54, 1.807) is 19.9 Å². The van der Waals surface area contributed by atoms with E-state index in [1.807, 2.05) is 19.0 Å². The molecule has 1 aliphatic rings. The number of carbonyl (C=O) groups is 2. The second kappa shape index (κ2) is 8.08. The first kappa shape index (κ1) is 20.6. The van der Waals surface area contributed by atoms with Crippen molar-refractivity contribution in [2.24, 2.45) is 0 Å². The lowest BCUT2D eigenvalue weighted by Gasteiger charge is -2.26. The summed E-state index contributed by atoms with van der Waals surface area (Å²) in [6.07, 6.45) is 1.42. The second-order valence-electron chi connectivity index (χ2n) is 7.27. The number of likely N-dealkylation sites (tertiary alicyclic amines) is 1. The second-order valence-corrected chi connectivity index (χ2v) is 7.27. The monoisotopic (exact) mass is 398 g/mol. The van der Waals surface area contributed by atoms with Gasteiger partial charge >= 0.3 is 0 Å². The fraction of sp³-hybridized carbons (Fsp3) is 0.333. The predicted molar refractivity (Wildman–Crippen MR) is 105 cm³/mol. The number of aliphatic hydroxyl groups is 1. The van der Waals surface area contributed by atoms with Gasteiger partial charge in [0.05, 0.1) is 22.9 Å². The molecule has 152 valence electrons. The van der Waals surface area contributed by atoms with E-state index >= 15 is 0 Å². The number of benzene rings is 1. The molecule has 1 fully saturated rings. The van der Waals surface area contributed by atoms with E-state index in [4.69, 9.17) is 0 Å². The highest BCUT2D eigenvalue weighted by Crippen LogP contribution is 2.39. The average molecular weight is 398 g/mol. The van der Waals surface area contributed by atoms with Crippen molar-refractivity contribution in [3.05, 3.63) is 64.5 Å². The van der Waals surface area contributed by atoms with Gasteiger partial charge < -0.3 is 14.9 Å². The molecule has 1 amide bonds. The fourth-order valence-corrected chi connectivity index (χ4v) is 3.40. The van der Waals surface area contributed by atoms with Crippen molar-refractivity contribution in [1.82, 2.24) is 19.8 Å². The maximum atomic E-state index is 13.9. The molecule has 1 atom stereocenters. The summed E-state index contributed by atoms with van der Waals surface area (Å²) in [7, 11) is 3.70. The summed E-state index contributed by atoms with van der Waals surface area (Å²) in [5.74, 6) is -1.87. The summed E-state index contributed by atoms with van der Waals surface area (Å²) in [6.45, 7) is 4.15. The molecule has 0 radical (unpaired) electrons. The van der Waals surface area contributed by atoms with Gasteiger partial charge in [0.2, 0.25) is 0 Å². The largest absolute Gasteiger partial charge is 0.507 e. The summed E-state index contributed by atoms with van der Waals surface area (Å²) in [5.41, 5.74) is 1.07. The number of ketones is 1. The normalized spacial score (nSPS) is 18.7. The zero-order valence-electron chi connectivity index (χ0n) is 16.8. The van der Waals surface area contributed by atoms with E-state index in [-0.39, 0.29) is 23.4 Å². The Morgan fingerprint density at radius 2 is 2.00 bits per heavy atom. The Morgan fingerprint density at radius 3 is 2.62 bits per heavy atom.